The Morgan fingerprint density at radius 1 is 1.22 bits per heavy atom. The van der Waals surface area contributed by atoms with Crippen molar-refractivity contribution >= 4 is 11.6 Å². The minimum absolute atomic E-state index is 0.288. The van der Waals surface area contributed by atoms with Gasteiger partial charge in [0.1, 0.15) is 0 Å². The first-order chi connectivity index (χ1) is 8.20. The standard InChI is InChI=1S/C15H23ClO2/c1-10(14(17)18)12-6-5-11(13(16)9-12)7-8-15(2,3)4/h5-6,9-10,14,17-18H,7-8H2,1-4H3. The lowest BCUT2D eigenvalue weighted by molar-refractivity contribution is -0.0561. The molecule has 1 atom stereocenters. The smallest absolute Gasteiger partial charge is 0.158 e. The summed E-state index contributed by atoms with van der Waals surface area (Å²) in [6.45, 7) is 8.39. The average Bonchev–Trinajstić information content (AvgIpc) is 2.25. The highest BCUT2D eigenvalue weighted by atomic mass is 35.5. The van der Waals surface area contributed by atoms with Crippen LogP contribution in [-0.4, -0.2) is 16.5 Å². The van der Waals surface area contributed by atoms with Crippen molar-refractivity contribution in [2.24, 2.45) is 5.41 Å². The lowest BCUT2D eigenvalue weighted by atomic mass is 9.88. The average molecular weight is 271 g/mol. The number of aliphatic hydroxyl groups is 2. The summed E-state index contributed by atoms with van der Waals surface area (Å²) in [7, 11) is 0. The van der Waals surface area contributed by atoms with Gasteiger partial charge in [-0.3, -0.25) is 0 Å². The molecule has 0 aromatic heterocycles. The molecule has 1 aromatic carbocycles. The maximum absolute atomic E-state index is 9.16. The summed E-state index contributed by atoms with van der Waals surface area (Å²) in [6, 6.07) is 5.75. The molecular formula is C15H23ClO2. The van der Waals surface area contributed by atoms with E-state index in [2.05, 4.69) is 20.8 Å². The monoisotopic (exact) mass is 270 g/mol. The second kappa shape index (κ2) is 6.05. The Labute approximate surface area is 115 Å². The second-order valence-corrected chi connectivity index (χ2v) is 6.52. The molecule has 0 spiro atoms. The van der Waals surface area contributed by atoms with E-state index in [0.717, 1.165) is 24.0 Å². The zero-order chi connectivity index (χ0) is 13.9. The molecule has 0 aliphatic rings. The van der Waals surface area contributed by atoms with Gasteiger partial charge in [0.2, 0.25) is 0 Å². The van der Waals surface area contributed by atoms with Crippen LogP contribution in [0.2, 0.25) is 5.02 Å². The molecule has 0 bridgehead atoms. The molecule has 102 valence electrons. The van der Waals surface area contributed by atoms with Gasteiger partial charge in [0.25, 0.3) is 0 Å². The number of rotatable bonds is 4. The molecule has 0 radical (unpaired) electrons. The van der Waals surface area contributed by atoms with E-state index in [4.69, 9.17) is 21.8 Å². The summed E-state index contributed by atoms with van der Waals surface area (Å²) in [5.74, 6) is -0.320. The normalized spacial score (nSPS) is 14.0. The third-order valence-corrected chi connectivity index (χ3v) is 3.55. The van der Waals surface area contributed by atoms with E-state index in [9.17, 15) is 0 Å². The fraction of sp³-hybridized carbons (Fsp3) is 0.600. The SMILES string of the molecule is CC(c1ccc(CCC(C)(C)C)c(Cl)c1)C(O)O. The van der Waals surface area contributed by atoms with Gasteiger partial charge in [0.15, 0.2) is 6.29 Å². The summed E-state index contributed by atoms with van der Waals surface area (Å²) in [5, 5.41) is 19.0. The van der Waals surface area contributed by atoms with Crippen molar-refractivity contribution in [1.29, 1.82) is 0 Å². The van der Waals surface area contributed by atoms with Crippen molar-refractivity contribution in [3.63, 3.8) is 0 Å². The van der Waals surface area contributed by atoms with Crippen LogP contribution in [0.25, 0.3) is 0 Å². The van der Waals surface area contributed by atoms with Crippen molar-refractivity contribution in [3.05, 3.63) is 34.3 Å². The van der Waals surface area contributed by atoms with Crippen molar-refractivity contribution in [1.82, 2.24) is 0 Å². The Kier molecular flexibility index (Phi) is 5.20. The predicted molar refractivity (Wildman–Crippen MR) is 75.9 cm³/mol. The van der Waals surface area contributed by atoms with Crippen LogP contribution in [-0.2, 0) is 6.42 Å². The van der Waals surface area contributed by atoms with Gasteiger partial charge in [-0.05, 0) is 35.4 Å². The molecular weight excluding hydrogens is 248 g/mol. The zero-order valence-corrected chi connectivity index (χ0v) is 12.3. The van der Waals surface area contributed by atoms with Gasteiger partial charge in [-0.15, -0.1) is 0 Å². The minimum atomic E-state index is -1.35. The summed E-state index contributed by atoms with van der Waals surface area (Å²) >= 11 is 6.24. The molecule has 1 rings (SSSR count). The second-order valence-electron chi connectivity index (χ2n) is 6.11. The Hall–Kier alpha value is -0.570. The lowest BCUT2D eigenvalue weighted by Crippen LogP contribution is -2.14. The van der Waals surface area contributed by atoms with Crippen molar-refractivity contribution in [2.75, 3.05) is 0 Å². The number of hydrogen-bond acceptors (Lipinski definition) is 2. The Morgan fingerprint density at radius 2 is 1.83 bits per heavy atom. The molecule has 0 aliphatic heterocycles. The number of halogens is 1. The Morgan fingerprint density at radius 3 is 2.28 bits per heavy atom. The highest BCUT2D eigenvalue weighted by Gasteiger charge is 2.15. The molecule has 3 heteroatoms. The molecule has 1 unspecified atom stereocenters. The van der Waals surface area contributed by atoms with Crippen molar-refractivity contribution in [3.8, 4) is 0 Å². The van der Waals surface area contributed by atoms with Gasteiger partial charge in [-0.2, -0.15) is 0 Å². The van der Waals surface area contributed by atoms with Crippen LogP contribution in [0.3, 0.4) is 0 Å². The van der Waals surface area contributed by atoms with Crippen LogP contribution in [0.15, 0.2) is 18.2 Å². The predicted octanol–water partition coefficient (Wildman–Crippen LogP) is 3.73. The molecule has 0 fully saturated rings. The van der Waals surface area contributed by atoms with E-state index in [1.165, 1.54) is 0 Å². The maximum Gasteiger partial charge on any atom is 0.158 e. The van der Waals surface area contributed by atoms with Gasteiger partial charge in [0.05, 0.1) is 0 Å². The lowest BCUT2D eigenvalue weighted by Gasteiger charge is -2.19. The zero-order valence-electron chi connectivity index (χ0n) is 11.6. The van der Waals surface area contributed by atoms with Gasteiger partial charge in [-0.25, -0.2) is 0 Å². The van der Waals surface area contributed by atoms with Crippen molar-refractivity contribution < 1.29 is 10.2 Å². The van der Waals surface area contributed by atoms with E-state index < -0.39 is 6.29 Å². The largest absolute Gasteiger partial charge is 0.368 e. The topological polar surface area (TPSA) is 40.5 Å². The first kappa shape index (κ1) is 15.5. The molecule has 0 saturated carbocycles. The van der Waals surface area contributed by atoms with Crippen LogP contribution in [0, 0.1) is 5.41 Å². The highest BCUT2D eigenvalue weighted by Crippen LogP contribution is 2.28. The van der Waals surface area contributed by atoms with E-state index in [1.54, 1.807) is 6.92 Å². The van der Waals surface area contributed by atoms with E-state index in [-0.39, 0.29) is 11.3 Å². The van der Waals surface area contributed by atoms with Gasteiger partial charge in [-0.1, -0.05) is 51.4 Å². The number of hydrogen-bond donors (Lipinski definition) is 2. The fourth-order valence-corrected chi connectivity index (χ4v) is 2.01. The number of aliphatic hydroxyl groups excluding tert-OH is 1. The van der Waals surface area contributed by atoms with Crippen LogP contribution < -0.4 is 0 Å². The molecule has 1 aromatic rings. The summed E-state index contributed by atoms with van der Waals surface area (Å²) in [5.41, 5.74) is 2.26. The van der Waals surface area contributed by atoms with Crippen molar-refractivity contribution in [2.45, 2.75) is 52.7 Å². The minimum Gasteiger partial charge on any atom is -0.368 e. The molecule has 0 saturated heterocycles. The van der Waals surface area contributed by atoms with E-state index >= 15 is 0 Å². The summed E-state index contributed by atoms with van der Waals surface area (Å²) in [6.07, 6.45) is 0.671. The highest BCUT2D eigenvalue weighted by molar-refractivity contribution is 6.31. The molecule has 0 aliphatic carbocycles. The quantitative estimate of drug-likeness (QED) is 0.819. The molecule has 2 nitrogen and oxygen atoms in total. The molecule has 0 heterocycles. The first-order valence-corrected chi connectivity index (χ1v) is 6.73. The molecule has 18 heavy (non-hydrogen) atoms. The maximum atomic E-state index is 9.16. The molecule has 0 amide bonds. The Bertz CT molecular complexity index is 394. The van der Waals surface area contributed by atoms with E-state index in [1.807, 2.05) is 18.2 Å². The van der Waals surface area contributed by atoms with Crippen LogP contribution in [0.5, 0.6) is 0 Å². The van der Waals surface area contributed by atoms with Crippen LogP contribution >= 0.6 is 11.6 Å². The summed E-state index contributed by atoms with van der Waals surface area (Å²) in [4.78, 5) is 0. The third-order valence-electron chi connectivity index (χ3n) is 3.19. The van der Waals surface area contributed by atoms with Gasteiger partial charge >= 0.3 is 0 Å². The van der Waals surface area contributed by atoms with Gasteiger partial charge in [0, 0.05) is 10.9 Å². The van der Waals surface area contributed by atoms with Gasteiger partial charge < -0.3 is 10.2 Å². The fourth-order valence-electron chi connectivity index (χ4n) is 1.73. The number of benzene rings is 1. The summed E-state index contributed by atoms with van der Waals surface area (Å²) < 4.78 is 0. The van der Waals surface area contributed by atoms with Crippen LogP contribution in [0.4, 0.5) is 0 Å². The van der Waals surface area contributed by atoms with Crippen LogP contribution in [0.1, 0.15) is 51.2 Å². The molecule has 2 N–H and O–H groups in total. The van der Waals surface area contributed by atoms with E-state index in [0.29, 0.717) is 5.02 Å². The first-order valence-electron chi connectivity index (χ1n) is 6.35. The Balaban J connectivity index is 2.80. The number of aryl methyl sites for hydroxylation is 1. The third kappa shape index (κ3) is 4.60.